The molecule has 0 amide bonds. The van der Waals surface area contributed by atoms with Crippen LogP contribution in [0.25, 0.3) is 0 Å². The second-order valence-electron chi connectivity index (χ2n) is 6.77. The van der Waals surface area contributed by atoms with E-state index in [2.05, 4.69) is 24.8 Å². The third-order valence-corrected chi connectivity index (χ3v) is 5.33. The summed E-state index contributed by atoms with van der Waals surface area (Å²) in [5, 5.41) is 0. The van der Waals surface area contributed by atoms with Gasteiger partial charge in [0.25, 0.3) is 0 Å². The lowest BCUT2D eigenvalue weighted by Crippen LogP contribution is -2.12. The molecule has 0 bridgehead atoms. The van der Waals surface area contributed by atoms with Crippen molar-refractivity contribution in [2.45, 2.75) is 44.4 Å². The molecule has 3 rings (SSSR count). The standard InChI is InChI=1S/C20H26O3/c1-2-20(21)23-11-10-22-19-9-5-8-17(14-19)18-12-15-6-3-4-7-16(15)13-18/h2,5,8-9,14-16,18H,1,3-4,6-7,10-13H2. The van der Waals surface area contributed by atoms with Gasteiger partial charge in [-0.3, -0.25) is 0 Å². The van der Waals surface area contributed by atoms with Crippen molar-refractivity contribution in [1.82, 2.24) is 0 Å². The molecule has 2 aliphatic carbocycles. The molecule has 2 fully saturated rings. The first-order valence-corrected chi connectivity index (χ1v) is 8.78. The minimum atomic E-state index is -0.407. The zero-order valence-corrected chi connectivity index (χ0v) is 13.7. The van der Waals surface area contributed by atoms with Gasteiger partial charge in [-0.2, -0.15) is 0 Å². The maximum absolute atomic E-state index is 11.0. The zero-order valence-electron chi connectivity index (χ0n) is 13.7. The van der Waals surface area contributed by atoms with Crippen molar-refractivity contribution < 1.29 is 14.3 Å². The Kier molecular flexibility index (Phi) is 5.37. The van der Waals surface area contributed by atoms with Gasteiger partial charge >= 0.3 is 5.97 Å². The van der Waals surface area contributed by atoms with E-state index < -0.39 is 5.97 Å². The summed E-state index contributed by atoms with van der Waals surface area (Å²) in [6.45, 7) is 4.00. The predicted molar refractivity (Wildman–Crippen MR) is 90.5 cm³/mol. The first kappa shape index (κ1) is 16.1. The molecule has 124 valence electrons. The van der Waals surface area contributed by atoms with E-state index in [1.807, 2.05) is 6.07 Å². The number of ether oxygens (including phenoxy) is 2. The van der Waals surface area contributed by atoms with Gasteiger partial charge in [0.1, 0.15) is 19.0 Å². The molecule has 2 aliphatic rings. The van der Waals surface area contributed by atoms with Crippen LogP contribution in [0.3, 0.4) is 0 Å². The first-order valence-electron chi connectivity index (χ1n) is 8.78. The van der Waals surface area contributed by atoms with Crippen molar-refractivity contribution >= 4 is 5.97 Å². The Morgan fingerprint density at radius 1 is 1.17 bits per heavy atom. The highest BCUT2D eigenvalue weighted by molar-refractivity contribution is 5.81. The lowest BCUT2D eigenvalue weighted by Gasteiger charge is -2.24. The minimum Gasteiger partial charge on any atom is -0.490 e. The van der Waals surface area contributed by atoms with Crippen LogP contribution in [0.15, 0.2) is 36.9 Å². The van der Waals surface area contributed by atoms with E-state index >= 15 is 0 Å². The summed E-state index contributed by atoms with van der Waals surface area (Å²) in [4.78, 5) is 11.0. The number of hydrogen-bond donors (Lipinski definition) is 0. The SMILES string of the molecule is C=CC(=O)OCCOc1cccc(C2CC3CCCCC3C2)c1. The number of esters is 1. The number of rotatable bonds is 6. The van der Waals surface area contributed by atoms with Crippen molar-refractivity contribution in [2.24, 2.45) is 11.8 Å². The van der Waals surface area contributed by atoms with Crippen LogP contribution in [0.1, 0.15) is 50.0 Å². The number of carbonyl (C=O) groups is 1. The van der Waals surface area contributed by atoms with Crippen LogP contribution >= 0.6 is 0 Å². The second kappa shape index (κ2) is 7.67. The van der Waals surface area contributed by atoms with E-state index in [0.717, 1.165) is 17.6 Å². The van der Waals surface area contributed by atoms with Crippen LogP contribution < -0.4 is 4.74 Å². The maximum Gasteiger partial charge on any atom is 0.330 e. The fourth-order valence-electron chi connectivity index (χ4n) is 4.22. The van der Waals surface area contributed by atoms with Gasteiger partial charge < -0.3 is 9.47 Å². The molecule has 0 aromatic heterocycles. The monoisotopic (exact) mass is 314 g/mol. The second-order valence-corrected chi connectivity index (χ2v) is 6.77. The summed E-state index contributed by atoms with van der Waals surface area (Å²) in [6.07, 6.45) is 9.52. The molecule has 0 N–H and O–H groups in total. The topological polar surface area (TPSA) is 35.5 Å². The largest absolute Gasteiger partial charge is 0.490 e. The highest BCUT2D eigenvalue weighted by atomic mass is 16.6. The summed E-state index contributed by atoms with van der Waals surface area (Å²) in [7, 11) is 0. The van der Waals surface area contributed by atoms with Crippen LogP contribution in [-0.4, -0.2) is 19.2 Å². The summed E-state index contributed by atoms with van der Waals surface area (Å²) in [6, 6.07) is 8.44. The molecule has 2 saturated carbocycles. The quantitative estimate of drug-likeness (QED) is 0.441. The van der Waals surface area contributed by atoms with E-state index in [0.29, 0.717) is 12.5 Å². The smallest absolute Gasteiger partial charge is 0.330 e. The predicted octanol–water partition coefficient (Wildman–Crippen LogP) is 4.48. The van der Waals surface area contributed by atoms with Crippen molar-refractivity contribution in [2.75, 3.05) is 13.2 Å². The van der Waals surface area contributed by atoms with Crippen LogP contribution in [0.4, 0.5) is 0 Å². The molecule has 23 heavy (non-hydrogen) atoms. The van der Waals surface area contributed by atoms with Gasteiger partial charge in [-0.25, -0.2) is 4.79 Å². The molecule has 2 atom stereocenters. The van der Waals surface area contributed by atoms with Crippen LogP contribution in [-0.2, 0) is 9.53 Å². The number of hydrogen-bond acceptors (Lipinski definition) is 3. The van der Waals surface area contributed by atoms with E-state index in [1.54, 1.807) is 0 Å². The third-order valence-electron chi connectivity index (χ3n) is 5.33. The van der Waals surface area contributed by atoms with E-state index in [4.69, 9.17) is 9.47 Å². The zero-order chi connectivity index (χ0) is 16.1. The van der Waals surface area contributed by atoms with Crippen molar-refractivity contribution in [3.8, 4) is 5.75 Å². The number of benzene rings is 1. The van der Waals surface area contributed by atoms with E-state index in [9.17, 15) is 4.79 Å². The normalized spacial score (nSPS) is 26.3. The third kappa shape index (κ3) is 4.15. The first-order chi connectivity index (χ1) is 11.3. The Morgan fingerprint density at radius 2 is 1.91 bits per heavy atom. The molecule has 0 radical (unpaired) electrons. The van der Waals surface area contributed by atoms with Gasteiger partial charge in [0.05, 0.1) is 0 Å². The van der Waals surface area contributed by atoms with Crippen LogP contribution in [0.2, 0.25) is 0 Å². The fraction of sp³-hybridized carbons (Fsp3) is 0.550. The minimum absolute atomic E-state index is 0.253. The molecular formula is C20H26O3. The van der Waals surface area contributed by atoms with Gasteiger partial charge in [-0.15, -0.1) is 0 Å². The van der Waals surface area contributed by atoms with Crippen LogP contribution in [0.5, 0.6) is 5.75 Å². The Hall–Kier alpha value is -1.77. The van der Waals surface area contributed by atoms with E-state index in [-0.39, 0.29) is 6.61 Å². The lowest BCUT2D eigenvalue weighted by molar-refractivity contribution is -0.138. The van der Waals surface area contributed by atoms with Crippen molar-refractivity contribution in [3.63, 3.8) is 0 Å². The summed E-state index contributed by atoms with van der Waals surface area (Å²) >= 11 is 0. The highest BCUT2D eigenvalue weighted by Crippen LogP contribution is 2.49. The fourth-order valence-corrected chi connectivity index (χ4v) is 4.22. The Labute approximate surface area is 138 Å². The highest BCUT2D eigenvalue weighted by Gasteiger charge is 2.36. The summed E-state index contributed by atoms with van der Waals surface area (Å²) in [5.41, 5.74) is 1.40. The van der Waals surface area contributed by atoms with Gasteiger partial charge in [0.2, 0.25) is 0 Å². The average molecular weight is 314 g/mol. The van der Waals surface area contributed by atoms with Crippen LogP contribution in [0, 0.1) is 11.8 Å². The Bertz CT molecular complexity index is 538. The number of fused-ring (bicyclic) bond motifs is 1. The van der Waals surface area contributed by atoms with E-state index in [1.165, 1.54) is 50.2 Å². The molecule has 1 aromatic carbocycles. The lowest BCUT2D eigenvalue weighted by atomic mass is 9.82. The maximum atomic E-state index is 11.0. The molecule has 0 heterocycles. The van der Waals surface area contributed by atoms with Crippen molar-refractivity contribution in [1.29, 1.82) is 0 Å². The van der Waals surface area contributed by atoms with Crippen molar-refractivity contribution in [3.05, 3.63) is 42.5 Å². The molecule has 3 heteroatoms. The molecule has 0 spiro atoms. The Morgan fingerprint density at radius 3 is 2.61 bits per heavy atom. The summed E-state index contributed by atoms with van der Waals surface area (Å²) < 4.78 is 10.6. The van der Waals surface area contributed by atoms with Gasteiger partial charge in [-0.1, -0.05) is 44.4 Å². The summed E-state index contributed by atoms with van der Waals surface area (Å²) in [5.74, 6) is 3.03. The van der Waals surface area contributed by atoms with Gasteiger partial charge in [0.15, 0.2) is 0 Å². The molecular weight excluding hydrogens is 288 g/mol. The molecule has 3 nitrogen and oxygen atoms in total. The molecule has 0 aliphatic heterocycles. The number of carbonyl (C=O) groups excluding carboxylic acids is 1. The molecule has 1 aromatic rings. The molecule has 0 saturated heterocycles. The van der Waals surface area contributed by atoms with Gasteiger partial charge in [0, 0.05) is 6.08 Å². The Balaban J connectivity index is 1.53. The van der Waals surface area contributed by atoms with Gasteiger partial charge in [-0.05, 0) is 48.3 Å². The average Bonchev–Trinajstić information content (AvgIpc) is 3.03. The molecule has 2 unspecified atom stereocenters.